The van der Waals surface area contributed by atoms with Crippen LogP contribution in [0.15, 0.2) is 48.5 Å². The maximum Gasteiger partial charge on any atom is 0.379 e. The van der Waals surface area contributed by atoms with E-state index in [0.717, 1.165) is 5.75 Å². The lowest BCUT2D eigenvalue weighted by Gasteiger charge is -2.05. The Bertz CT molecular complexity index is 498. The maximum atomic E-state index is 9.67. The molecule has 0 aliphatic heterocycles. The van der Waals surface area contributed by atoms with Crippen LogP contribution in [-0.2, 0) is 0 Å². The van der Waals surface area contributed by atoms with Gasteiger partial charge in [-0.25, -0.2) is 0 Å². The van der Waals surface area contributed by atoms with Crippen LogP contribution in [0.25, 0.3) is 11.1 Å². The van der Waals surface area contributed by atoms with E-state index in [0.29, 0.717) is 0 Å². The lowest BCUT2D eigenvalue weighted by molar-refractivity contribution is 0.00819. The molecular weight excluding hydrogens is 368 g/mol. The summed E-state index contributed by atoms with van der Waals surface area (Å²) in [4.78, 5) is 0. The molecule has 0 unspecified atom stereocenters. The Morgan fingerprint density at radius 2 is 1.47 bits per heavy atom. The molecule has 5 heteroatoms. The quantitative estimate of drug-likeness (QED) is 0.656. The zero-order valence-electron chi connectivity index (χ0n) is 10.1. The largest absolute Gasteiger partial charge is 0.497 e. The number of methoxy groups -OCH3 is 1. The Hall–Kier alpha value is -1.24. The van der Waals surface area contributed by atoms with E-state index in [1.807, 2.05) is 12.1 Å². The molecule has 0 fully saturated rings. The minimum atomic E-state index is -3.67. The number of hydrogen-bond donors (Lipinski definition) is 0. The van der Waals surface area contributed by atoms with Gasteiger partial charge in [-0.05, 0) is 51.9 Å². The molecule has 0 spiro atoms. The Morgan fingerprint density at radius 3 is 1.95 bits per heavy atom. The molecule has 0 heterocycles. The molecule has 0 aliphatic carbocycles. The molecule has 0 saturated heterocycles. The fourth-order valence-electron chi connectivity index (χ4n) is 1.47. The van der Waals surface area contributed by atoms with Gasteiger partial charge in [-0.15, -0.1) is 0 Å². The van der Waals surface area contributed by atoms with Gasteiger partial charge < -0.3 is 4.74 Å². The zero-order chi connectivity index (χ0) is 14.3. The maximum absolute atomic E-state index is 9.67. The summed E-state index contributed by atoms with van der Waals surface area (Å²) in [5.41, 5.74) is 2.49. The van der Waals surface area contributed by atoms with Crippen LogP contribution < -0.4 is 4.74 Å². The van der Waals surface area contributed by atoms with Crippen molar-refractivity contribution >= 4 is 22.6 Å². The number of rotatable bonds is 2. The van der Waals surface area contributed by atoms with Crippen LogP contribution in [-0.4, -0.2) is 13.8 Å². The Kier molecular flexibility index (Phi) is 6.69. The third kappa shape index (κ3) is 5.50. The summed E-state index contributed by atoms with van der Waals surface area (Å²) in [5, 5.41) is 0. The van der Waals surface area contributed by atoms with Crippen LogP contribution in [0.1, 0.15) is 0 Å². The van der Waals surface area contributed by atoms with Crippen LogP contribution in [0.2, 0.25) is 0 Å². The Morgan fingerprint density at radius 1 is 0.947 bits per heavy atom. The first-order chi connectivity index (χ1) is 9.04. The molecule has 0 aliphatic rings. The van der Waals surface area contributed by atoms with Crippen LogP contribution in [0.5, 0.6) is 5.75 Å². The summed E-state index contributed by atoms with van der Waals surface area (Å²) in [6, 6.07) is 16.5. The lowest BCUT2D eigenvalue weighted by atomic mass is 10.1. The molecule has 19 heavy (non-hydrogen) atoms. The summed E-state index contributed by atoms with van der Waals surface area (Å²) >= 11 is 2.35. The highest BCUT2D eigenvalue weighted by atomic mass is 127. The van der Waals surface area contributed by atoms with Crippen LogP contribution >= 0.6 is 22.6 Å². The van der Waals surface area contributed by atoms with Gasteiger partial charge in [0.05, 0.1) is 7.11 Å². The van der Waals surface area contributed by atoms with E-state index in [2.05, 4.69) is 59.0 Å². The smallest absolute Gasteiger partial charge is 0.379 e. The van der Waals surface area contributed by atoms with Gasteiger partial charge in [0.25, 0.3) is 0 Å². The van der Waals surface area contributed by atoms with Gasteiger partial charge in [0.1, 0.15) is 5.75 Å². The molecule has 0 aromatic heterocycles. The van der Waals surface area contributed by atoms with E-state index in [9.17, 15) is 13.2 Å². The molecule has 2 rings (SSSR count). The van der Waals surface area contributed by atoms with Gasteiger partial charge in [0.15, 0.2) is 0 Å². The molecule has 2 aromatic carbocycles. The van der Waals surface area contributed by atoms with Crippen molar-refractivity contribution in [1.82, 2.24) is 0 Å². The van der Waals surface area contributed by atoms with Gasteiger partial charge in [0.2, 0.25) is 0 Å². The highest BCUT2D eigenvalue weighted by molar-refractivity contribution is 14.1. The topological polar surface area (TPSA) is 9.23 Å². The standard InChI is InChI=1S/C13H11IO.CHF3/c1-15-11-8-6-10(7-9-11)12-4-2-3-5-13(12)14;2-1(3)4/h2-9H,1H3;1H. The third-order valence-corrected chi connectivity index (χ3v) is 3.22. The zero-order valence-corrected chi connectivity index (χ0v) is 12.3. The van der Waals surface area contributed by atoms with Crippen molar-refractivity contribution in [1.29, 1.82) is 0 Å². The normalized spacial score (nSPS) is 9.79. The molecule has 0 saturated carbocycles. The minimum absolute atomic E-state index is 0.893. The van der Waals surface area contributed by atoms with E-state index in [1.54, 1.807) is 7.11 Å². The molecular formula is C14H12F3IO. The van der Waals surface area contributed by atoms with Crippen molar-refractivity contribution in [2.24, 2.45) is 0 Å². The summed E-state index contributed by atoms with van der Waals surface area (Å²) in [6.07, 6.45) is 0. The minimum Gasteiger partial charge on any atom is -0.497 e. The van der Waals surface area contributed by atoms with Gasteiger partial charge in [-0.3, -0.25) is 0 Å². The summed E-state index contributed by atoms with van der Waals surface area (Å²) < 4.78 is 35.4. The SMILES string of the molecule is COc1ccc(-c2ccccc2I)cc1.FC(F)F. The first-order valence-corrected chi connectivity index (χ1v) is 6.43. The van der Waals surface area contributed by atoms with Crippen LogP contribution in [0.4, 0.5) is 13.2 Å². The summed E-state index contributed by atoms with van der Waals surface area (Å²) in [7, 11) is 1.68. The average molecular weight is 380 g/mol. The first kappa shape index (κ1) is 15.8. The third-order valence-electron chi connectivity index (χ3n) is 2.27. The predicted molar refractivity (Wildman–Crippen MR) is 78.3 cm³/mol. The summed E-state index contributed by atoms with van der Waals surface area (Å²) in [5.74, 6) is 0.893. The van der Waals surface area contributed by atoms with Crippen LogP contribution in [0.3, 0.4) is 0 Å². The predicted octanol–water partition coefficient (Wildman–Crippen LogP) is 5.15. The average Bonchev–Trinajstić information content (AvgIpc) is 2.39. The molecule has 0 radical (unpaired) electrons. The number of ether oxygens (including phenoxy) is 1. The second kappa shape index (κ2) is 8.04. The van der Waals surface area contributed by atoms with E-state index in [1.165, 1.54) is 14.7 Å². The number of halogens is 4. The molecule has 0 atom stereocenters. The molecule has 0 amide bonds. The molecule has 0 N–H and O–H groups in total. The van der Waals surface area contributed by atoms with Crippen LogP contribution in [0, 0.1) is 3.57 Å². The molecule has 0 bridgehead atoms. The van der Waals surface area contributed by atoms with Crippen molar-refractivity contribution in [3.8, 4) is 16.9 Å². The Balaban J connectivity index is 0.000000399. The monoisotopic (exact) mass is 380 g/mol. The van der Waals surface area contributed by atoms with Gasteiger partial charge >= 0.3 is 6.68 Å². The van der Waals surface area contributed by atoms with E-state index < -0.39 is 6.68 Å². The number of hydrogen-bond acceptors (Lipinski definition) is 1. The van der Waals surface area contributed by atoms with E-state index in [4.69, 9.17) is 4.74 Å². The lowest BCUT2D eigenvalue weighted by Crippen LogP contribution is -1.84. The fourth-order valence-corrected chi connectivity index (χ4v) is 2.16. The van der Waals surface area contributed by atoms with Crippen molar-refractivity contribution in [3.63, 3.8) is 0 Å². The highest BCUT2D eigenvalue weighted by Gasteiger charge is 2.01. The summed E-state index contributed by atoms with van der Waals surface area (Å²) in [6.45, 7) is -3.67. The van der Waals surface area contributed by atoms with Crippen molar-refractivity contribution in [3.05, 3.63) is 52.1 Å². The highest BCUT2D eigenvalue weighted by Crippen LogP contribution is 2.26. The van der Waals surface area contributed by atoms with E-state index >= 15 is 0 Å². The molecule has 2 aromatic rings. The Labute approximate surface area is 123 Å². The van der Waals surface area contributed by atoms with Gasteiger partial charge in [-0.1, -0.05) is 30.3 Å². The number of alkyl halides is 3. The second-order valence-corrected chi connectivity index (χ2v) is 4.62. The van der Waals surface area contributed by atoms with Crippen molar-refractivity contribution in [2.75, 3.05) is 7.11 Å². The fraction of sp³-hybridized carbons (Fsp3) is 0.143. The number of benzene rings is 2. The second-order valence-electron chi connectivity index (χ2n) is 3.46. The van der Waals surface area contributed by atoms with Gasteiger partial charge in [-0.2, -0.15) is 13.2 Å². The van der Waals surface area contributed by atoms with E-state index in [-0.39, 0.29) is 0 Å². The van der Waals surface area contributed by atoms with Crippen molar-refractivity contribution in [2.45, 2.75) is 6.68 Å². The molecule has 1 nitrogen and oxygen atoms in total. The first-order valence-electron chi connectivity index (χ1n) is 5.35. The van der Waals surface area contributed by atoms with Gasteiger partial charge in [0, 0.05) is 3.57 Å². The molecule has 102 valence electrons. The van der Waals surface area contributed by atoms with Crippen molar-refractivity contribution < 1.29 is 17.9 Å².